The highest BCUT2D eigenvalue weighted by atomic mass is 16.5. The van der Waals surface area contributed by atoms with Gasteiger partial charge in [0.1, 0.15) is 17.1 Å². The molecular weight excluding hydrogens is 362 g/mol. The minimum Gasteiger partial charge on any atom is -0.482 e. The van der Waals surface area contributed by atoms with Crippen molar-refractivity contribution >= 4 is 23.2 Å². The van der Waals surface area contributed by atoms with Crippen molar-refractivity contribution in [3.8, 4) is 5.75 Å². The van der Waals surface area contributed by atoms with Gasteiger partial charge in [-0.25, -0.2) is 4.79 Å². The van der Waals surface area contributed by atoms with Crippen molar-refractivity contribution in [2.45, 2.75) is 25.7 Å². The fourth-order valence-corrected chi connectivity index (χ4v) is 3.56. The molecule has 0 saturated carbocycles. The first kappa shape index (κ1) is 18.2. The Kier molecular flexibility index (Phi) is 4.87. The molecule has 146 valence electrons. The van der Waals surface area contributed by atoms with Gasteiger partial charge in [0, 0.05) is 17.7 Å². The zero-order valence-electron chi connectivity index (χ0n) is 15.5. The van der Waals surface area contributed by atoms with Crippen molar-refractivity contribution in [1.29, 1.82) is 0 Å². The summed E-state index contributed by atoms with van der Waals surface area (Å²) in [7, 11) is 0. The number of fused-ring (bicyclic) bond motifs is 1. The monoisotopic (exact) mass is 383 g/mol. The smallest absolute Gasteiger partial charge is 0.349 e. The summed E-state index contributed by atoms with van der Waals surface area (Å²) in [6.07, 6.45) is 1.80. The predicted molar refractivity (Wildman–Crippen MR) is 103 cm³/mol. The quantitative estimate of drug-likeness (QED) is 0.748. The van der Waals surface area contributed by atoms with Crippen molar-refractivity contribution in [2.75, 3.05) is 30.3 Å². The Morgan fingerprint density at radius 2 is 1.96 bits per heavy atom. The van der Waals surface area contributed by atoms with Crippen LogP contribution in [-0.4, -0.2) is 31.5 Å². The number of amides is 2. The Hall–Kier alpha value is -3.13. The molecule has 0 aliphatic carbocycles. The molecule has 28 heavy (non-hydrogen) atoms. The molecule has 2 aromatic rings. The number of piperidine rings is 1. The van der Waals surface area contributed by atoms with Gasteiger partial charge in [-0.05, 0) is 56.6 Å². The number of aryl methyl sites for hydroxylation is 1. The molecule has 3 N–H and O–H groups in total. The number of hydrogen-bond acceptors (Lipinski definition) is 6. The lowest BCUT2D eigenvalue weighted by atomic mass is 9.94. The standard InChI is InChI=1S/C20H21N3O5/c1-11-8-15(12-4-6-21-7-5-12)28-20(26)18(11)19(25)22-13-2-3-14-16(9-13)27-10-17(24)23-14/h2-3,8-9,12,21H,4-7,10H2,1H3,(H,22,25)(H,23,24). The molecule has 0 bridgehead atoms. The van der Waals surface area contributed by atoms with Crippen LogP contribution in [0.2, 0.25) is 0 Å². The van der Waals surface area contributed by atoms with Gasteiger partial charge in [0.15, 0.2) is 6.61 Å². The lowest BCUT2D eigenvalue weighted by Crippen LogP contribution is -2.28. The molecule has 3 heterocycles. The number of nitrogens with one attached hydrogen (secondary N) is 3. The maximum absolute atomic E-state index is 12.7. The van der Waals surface area contributed by atoms with Crippen LogP contribution in [0.4, 0.5) is 11.4 Å². The summed E-state index contributed by atoms with van der Waals surface area (Å²) in [4.78, 5) is 36.5. The van der Waals surface area contributed by atoms with E-state index in [1.807, 2.05) is 0 Å². The van der Waals surface area contributed by atoms with Crippen LogP contribution in [0.3, 0.4) is 0 Å². The Balaban J connectivity index is 1.55. The van der Waals surface area contributed by atoms with Crippen LogP contribution < -0.4 is 26.3 Å². The third-order valence-corrected chi connectivity index (χ3v) is 5.01. The van der Waals surface area contributed by atoms with Gasteiger partial charge in [0.2, 0.25) is 0 Å². The van der Waals surface area contributed by atoms with Crippen LogP contribution in [0, 0.1) is 6.92 Å². The number of rotatable bonds is 3. The van der Waals surface area contributed by atoms with Gasteiger partial charge in [0.25, 0.3) is 11.8 Å². The van der Waals surface area contributed by atoms with E-state index in [9.17, 15) is 14.4 Å². The van der Waals surface area contributed by atoms with E-state index >= 15 is 0 Å². The van der Waals surface area contributed by atoms with E-state index in [2.05, 4.69) is 16.0 Å². The van der Waals surface area contributed by atoms with Crippen LogP contribution in [-0.2, 0) is 4.79 Å². The highest BCUT2D eigenvalue weighted by Gasteiger charge is 2.23. The van der Waals surface area contributed by atoms with E-state index in [0.29, 0.717) is 28.4 Å². The normalized spacial score (nSPS) is 16.7. The second-order valence-electron chi connectivity index (χ2n) is 7.02. The summed E-state index contributed by atoms with van der Waals surface area (Å²) in [5.41, 5.74) is 0.943. The zero-order chi connectivity index (χ0) is 19.7. The average molecular weight is 383 g/mol. The van der Waals surface area contributed by atoms with Crippen LogP contribution in [0.25, 0.3) is 0 Å². The summed E-state index contributed by atoms with van der Waals surface area (Å²) < 4.78 is 10.8. The minimum atomic E-state index is -0.632. The van der Waals surface area contributed by atoms with Gasteiger partial charge in [0.05, 0.1) is 5.69 Å². The van der Waals surface area contributed by atoms with Crippen LogP contribution >= 0.6 is 0 Å². The predicted octanol–water partition coefficient (Wildman–Crippen LogP) is 2.00. The molecule has 0 unspecified atom stereocenters. The number of hydrogen-bond donors (Lipinski definition) is 3. The third-order valence-electron chi connectivity index (χ3n) is 5.01. The van der Waals surface area contributed by atoms with E-state index < -0.39 is 11.5 Å². The molecule has 1 aromatic heterocycles. The molecular formula is C20H21N3O5. The summed E-state index contributed by atoms with van der Waals surface area (Å²) in [6.45, 7) is 3.43. The molecule has 0 spiro atoms. The third kappa shape index (κ3) is 3.63. The van der Waals surface area contributed by atoms with Crippen LogP contribution in [0.5, 0.6) is 5.75 Å². The highest BCUT2D eigenvalue weighted by Crippen LogP contribution is 2.31. The lowest BCUT2D eigenvalue weighted by molar-refractivity contribution is -0.118. The molecule has 1 fully saturated rings. The van der Waals surface area contributed by atoms with Crippen molar-refractivity contribution in [3.05, 3.63) is 51.6 Å². The first-order valence-electron chi connectivity index (χ1n) is 9.24. The maximum Gasteiger partial charge on any atom is 0.349 e. The highest BCUT2D eigenvalue weighted by molar-refractivity contribution is 6.05. The average Bonchev–Trinajstić information content (AvgIpc) is 2.68. The molecule has 2 aliphatic rings. The Bertz CT molecular complexity index is 992. The molecule has 1 saturated heterocycles. The zero-order valence-corrected chi connectivity index (χ0v) is 15.5. The number of ether oxygens (including phenoxy) is 1. The largest absolute Gasteiger partial charge is 0.482 e. The second-order valence-corrected chi connectivity index (χ2v) is 7.02. The molecule has 2 amide bonds. The van der Waals surface area contributed by atoms with E-state index in [4.69, 9.17) is 9.15 Å². The summed E-state index contributed by atoms with van der Waals surface area (Å²) in [5, 5.41) is 8.66. The van der Waals surface area contributed by atoms with Gasteiger partial charge < -0.3 is 25.1 Å². The van der Waals surface area contributed by atoms with E-state index in [1.165, 1.54) is 0 Å². The van der Waals surface area contributed by atoms with Crippen molar-refractivity contribution < 1.29 is 18.7 Å². The van der Waals surface area contributed by atoms with Gasteiger partial charge in [-0.2, -0.15) is 0 Å². The van der Waals surface area contributed by atoms with Crippen molar-refractivity contribution in [1.82, 2.24) is 5.32 Å². The maximum atomic E-state index is 12.7. The lowest BCUT2D eigenvalue weighted by Gasteiger charge is -2.22. The van der Waals surface area contributed by atoms with Gasteiger partial charge in [-0.15, -0.1) is 0 Å². The second kappa shape index (κ2) is 7.47. The number of anilines is 2. The molecule has 0 atom stereocenters. The minimum absolute atomic E-state index is 0.00961. The van der Waals surface area contributed by atoms with Gasteiger partial charge in [-0.1, -0.05) is 0 Å². The van der Waals surface area contributed by atoms with Crippen LogP contribution in [0.1, 0.15) is 40.4 Å². The number of carbonyl (C=O) groups excluding carboxylic acids is 2. The van der Waals surface area contributed by atoms with Gasteiger partial charge in [-0.3, -0.25) is 9.59 Å². The fraction of sp³-hybridized carbons (Fsp3) is 0.350. The summed E-state index contributed by atoms with van der Waals surface area (Å²) in [6, 6.07) is 6.66. The molecule has 2 aliphatic heterocycles. The molecule has 8 nitrogen and oxygen atoms in total. The molecule has 4 rings (SSSR count). The Morgan fingerprint density at radius 3 is 2.71 bits per heavy atom. The first-order chi connectivity index (χ1) is 13.5. The topological polar surface area (TPSA) is 110 Å². The van der Waals surface area contributed by atoms with E-state index in [-0.39, 0.29) is 24.0 Å². The Labute approximate surface area is 161 Å². The first-order valence-corrected chi connectivity index (χ1v) is 9.24. The Morgan fingerprint density at radius 1 is 1.18 bits per heavy atom. The molecule has 8 heteroatoms. The summed E-state index contributed by atoms with van der Waals surface area (Å²) in [5.74, 6) is 0.521. The molecule has 0 radical (unpaired) electrons. The van der Waals surface area contributed by atoms with E-state index in [1.54, 1.807) is 31.2 Å². The fourth-order valence-electron chi connectivity index (χ4n) is 3.56. The van der Waals surface area contributed by atoms with Crippen molar-refractivity contribution in [2.24, 2.45) is 0 Å². The molecule has 1 aromatic carbocycles. The van der Waals surface area contributed by atoms with Crippen molar-refractivity contribution in [3.63, 3.8) is 0 Å². The van der Waals surface area contributed by atoms with Gasteiger partial charge >= 0.3 is 5.63 Å². The van der Waals surface area contributed by atoms with Crippen LogP contribution in [0.15, 0.2) is 33.5 Å². The van der Waals surface area contributed by atoms with E-state index in [0.717, 1.165) is 25.9 Å². The number of carbonyl (C=O) groups is 2. The summed E-state index contributed by atoms with van der Waals surface area (Å²) >= 11 is 0. The SMILES string of the molecule is Cc1cc(C2CCNCC2)oc(=O)c1C(=O)Nc1ccc2c(c1)OCC(=O)N2. The number of benzene rings is 1.